The highest BCUT2D eigenvalue weighted by molar-refractivity contribution is 6.03. The minimum Gasteiger partial charge on any atom is -0.493 e. The minimum absolute atomic E-state index is 0.306. The van der Waals surface area contributed by atoms with Crippen molar-refractivity contribution in [2.24, 2.45) is 0 Å². The molecule has 1 aromatic carbocycles. The van der Waals surface area contributed by atoms with Crippen LogP contribution in [0.4, 0.5) is 11.4 Å². The van der Waals surface area contributed by atoms with Crippen molar-refractivity contribution in [1.82, 2.24) is 9.88 Å². The first-order valence-electron chi connectivity index (χ1n) is 9.06. The number of anilines is 2. The molecule has 2 heterocycles. The monoisotopic (exact) mass is 386 g/mol. The summed E-state index contributed by atoms with van der Waals surface area (Å²) in [7, 11) is 6.71. The molecule has 2 aromatic rings. The Morgan fingerprint density at radius 2 is 1.64 bits per heavy atom. The molecule has 0 unspecified atom stereocenters. The first-order valence-corrected chi connectivity index (χ1v) is 9.06. The number of aromatic nitrogens is 1. The second-order valence-electron chi connectivity index (χ2n) is 6.56. The van der Waals surface area contributed by atoms with E-state index >= 15 is 0 Å². The standard InChI is InChI=1S/C20H26N4O4/c1-23-7-9-24(10-8-23)15-5-6-16(21-13-15)20(25)22-14-11-17(26-2)19(28-4)18(12-14)27-3/h5-6,11-13H,7-10H2,1-4H3,(H,22,25). The molecule has 0 aliphatic carbocycles. The fourth-order valence-corrected chi connectivity index (χ4v) is 3.12. The number of hydrogen-bond donors (Lipinski definition) is 1. The van der Waals surface area contributed by atoms with Crippen molar-refractivity contribution in [3.05, 3.63) is 36.2 Å². The third kappa shape index (κ3) is 4.28. The molecule has 1 N–H and O–H groups in total. The van der Waals surface area contributed by atoms with Gasteiger partial charge in [-0.1, -0.05) is 0 Å². The largest absolute Gasteiger partial charge is 0.493 e. The Hall–Kier alpha value is -3.00. The van der Waals surface area contributed by atoms with Gasteiger partial charge in [0.2, 0.25) is 5.75 Å². The molecule has 0 spiro atoms. The summed E-state index contributed by atoms with van der Waals surface area (Å²) in [6.07, 6.45) is 1.75. The van der Waals surface area contributed by atoms with Crippen LogP contribution in [0, 0.1) is 0 Å². The highest BCUT2D eigenvalue weighted by atomic mass is 16.5. The molecule has 1 aliphatic rings. The Bertz CT molecular complexity index is 792. The van der Waals surface area contributed by atoms with Crippen LogP contribution >= 0.6 is 0 Å². The smallest absolute Gasteiger partial charge is 0.274 e. The lowest BCUT2D eigenvalue weighted by molar-refractivity contribution is 0.102. The summed E-state index contributed by atoms with van der Waals surface area (Å²) in [6.45, 7) is 3.94. The van der Waals surface area contributed by atoms with Crippen molar-refractivity contribution >= 4 is 17.3 Å². The van der Waals surface area contributed by atoms with Crippen LogP contribution < -0.4 is 24.4 Å². The van der Waals surface area contributed by atoms with Gasteiger partial charge < -0.3 is 29.3 Å². The molecule has 1 amide bonds. The van der Waals surface area contributed by atoms with Crippen LogP contribution in [0.15, 0.2) is 30.5 Å². The van der Waals surface area contributed by atoms with Gasteiger partial charge in [-0.15, -0.1) is 0 Å². The van der Waals surface area contributed by atoms with Crippen LogP contribution in [0.2, 0.25) is 0 Å². The number of benzene rings is 1. The van der Waals surface area contributed by atoms with E-state index in [1.807, 2.05) is 6.07 Å². The molecule has 1 aliphatic heterocycles. The number of methoxy groups -OCH3 is 3. The van der Waals surface area contributed by atoms with Crippen molar-refractivity contribution in [3.63, 3.8) is 0 Å². The fourth-order valence-electron chi connectivity index (χ4n) is 3.12. The first-order chi connectivity index (χ1) is 13.5. The summed E-state index contributed by atoms with van der Waals surface area (Å²) in [5, 5.41) is 2.83. The van der Waals surface area contributed by atoms with E-state index in [1.54, 1.807) is 24.4 Å². The molecule has 150 valence electrons. The topological polar surface area (TPSA) is 76.2 Å². The van der Waals surface area contributed by atoms with Gasteiger partial charge in [-0.2, -0.15) is 0 Å². The summed E-state index contributed by atoms with van der Waals surface area (Å²) in [5.74, 6) is 1.10. The lowest BCUT2D eigenvalue weighted by Crippen LogP contribution is -2.44. The highest BCUT2D eigenvalue weighted by Crippen LogP contribution is 2.40. The van der Waals surface area contributed by atoms with Gasteiger partial charge in [-0.25, -0.2) is 4.98 Å². The van der Waals surface area contributed by atoms with Crippen LogP contribution in [0.1, 0.15) is 10.5 Å². The Morgan fingerprint density at radius 1 is 1.00 bits per heavy atom. The SMILES string of the molecule is COc1cc(NC(=O)c2ccc(N3CCN(C)CC3)cn2)cc(OC)c1OC. The summed E-state index contributed by atoms with van der Waals surface area (Å²) in [4.78, 5) is 21.5. The van der Waals surface area contributed by atoms with E-state index in [-0.39, 0.29) is 5.91 Å². The summed E-state index contributed by atoms with van der Waals surface area (Å²) >= 11 is 0. The lowest BCUT2D eigenvalue weighted by atomic mass is 10.2. The Labute approximate surface area is 165 Å². The van der Waals surface area contributed by atoms with Crippen LogP contribution in [0.5, 0.6) is 17.2 Å². The maximum Gasteiger partial charge on any atom is 0.274 e. The molecular formula is C20H26N4O4. The second-order valence-corrected chi connectivity index (χ2v) is 6.56. The number of amides is 1. The van der Waals surface area contributed by atoms with Crippen LogP contribution in [-0.4, -0.2) is 70.3 Å². The fraction of sp³-hybridized carbons (Fsp3) is 0.400. The van der Waals surface area contributed by atoms with E-state index in [0.717, 1.165) is 31.9 Å². The van der Waals surface area contributed by atoms with Gasteiger partial charge in [-0.3, -0.25) is 4.79 Å². The van der Waals surface area contributed by atoms with Crippen molar-refractivity contribution in [3.8, 4) is 17.2 Å². The normalized spacial score (nSPS) is 14.5. The van der Waals surface area contributed by atoms with Gasteiger partial charge in [0.05, 0.1) is 33.2 Å². The van der Waals surface area contributed by atoms with E-state index in [4.69, 9.17) is 14.2 Å². The number of nitrogens with one attached hydrogen (secondary N) is 1. The van der Waals surface area contributed by atoms with Crippen molar-refractivity contribution < 1.29 is 19.0 Å². The van der Waals surface area contributed by atoms with Crippen molar-refractivity contribution in [2.75, 3.05) is 64.8 Å². The van der Waals surface area contributed by atoms with E-state index in [9.17, 15) is 4.79 Å². The van der Waals surface area contributed by atoms with Gasteiger partial charge in [-0.05, 0) is 19.2 Å². The van der Waals surface area contributed by atoms with Gasteiger partial charge in [0.15, 0.2) is 11.5 Å². The number of carbonyl (C=O) groups is 1. The number of pyridine rings is 1. The zero-order valence-electron chi connectivity index (χ0n) is 16.7. The van der Waals surface area contributed by atoms with Crippen LogP contribution in [0.3, 0.4) is 0 Å². The molecule has 28 heavy (non-hydrogen) atoms. The Balaban J connectivity index is 1.72. The first kappa shape index (κ1) is 19.8. The summed E-state index contributed by atoms with van der Waals surface area (Å²) < 4.78 is 15.9. The van der Waals surface area contributed by atoms with Gasteiger partial charge in [0, 0.05) is 44.0 Å². The number of likely N-dealkylation sites (N-methyl/N-ethyl adjacent to an activating group) is 1. The molecule has 8 heteroatoms. The molecule has 0 bridgehead atoms. The Kier molecular flexibility index (Phi) is 6.20. The second kappa shape index (κ2) is 8.79. The zero-order valence-corrected chi connectivity index (χ0v) is 16.7. The van der Waals surface area contributed by atoms with E-state index in [1.165, 1.54) is 21.3 Å². The molecular weight excluding hydrogens is 360 g/mol. The average Bonchev–Trinajstić information content (AvgIpc) is 2.73. The number of hydrogen-bond acceptors (Lipinski definition) is 7. The Morgan fingerprint density at radius 3 is 2.14 bits per heavy atom. The molecule has 8 nitrogen and oxygen atoms in total. The molecule has 3 rings (SSSR count). The minimum atomic E-state index is -0.306. The molecule has 1 saturated heterocycles. The van der Waals surface area contributed by atoms with Crippen molar-refractivity contribution in [2.45, 2.75) is 0 Å². The molecule has 1 aromatic heterocycles. The van der Waals surface area contributed by atoms with E-state index < -0.39 is 0 Å². The van der Waals surface area contributed by atoms with Gasteiger partial charge in [0.25, 0.3) is 5.91 Å². The maximum atomic E-state index is 12.6. The van der Waals surface area contributed by atoms with Crippen molar-refractivity contribution in [1.29, 1.82) is 0 Å². The predicted molar refractivity (Wildman–Crippen MR) is 108 cm³/mol. The van der Waals surface area contributed by atoms with E-state index in [2.05, 4.69) is 27.1 Å². The number of ether oxygens (including phenoxy) is 3. The van der Waals surface area contributed by atoms with Crippen LogP contribution in [0.25, 0.3) is 0 Å². The summed E-state index contributed by atoms with van der Waals surface area (Å²) in [5.41, 5.74) is 1.90. The highest BCUT2D eigenvalue weighted by Gasteiger charge is 2.17. The van der Waals surface area contributed by atoms with E-state index in [0.29, 0.717) is 28.6 Å². The number of piperazine rings is 1. The third-order valence-corrected chi connectivity index (χ3v) is 4.77. The molecule has 0 atom stereocenters. The summed E-state index contributed by atoms with van der Waals surface area (Å²) in [6, 6.07) is 7.03. The number of rotatable bonds is 6. The average molecular weight is 386 g/mol. The number of nitrogens with zero attached hydrogens (tertiary/aromatic N) is 3. The third-order valence-electron chi connectivity index (χ3n) is 4.77. The predicted octanol–water partition coefficient (Wildman–Crippen LogP) is 2.11. The molecule has 1 fully saturated rings. The van der Waals surface area contributed by atoms with Gasteiger partial charge >= 0.3 is 0 Å². The molecule has 0 radical (unpaired) electrons. The lowest BCUT2D eigenvalue weighted by Gasteiger charge is -2.33. The number of carbonyl (C=O) groups excluding carboxylic acids is 1. The van der Waals surface area contributed by atoms with Gasteiger partial charge in [0.1, 0.15) is 5.69 Å². The molecule has 0 saturated carbocycles. The maximum absolute atomic E-state index is 12.6. The quantitative estimate of drug-likeness (QED) is 0.815. The zero-order chi connectivity index (χ0) is 20.1. The van der Waals surface area contributed by atoms with Crippen LogP contribution in [-0.2, 0) is 0 Å².